The van der Waals surface area contributed by atoms with Gasteiger partial charge in [-0.05, 0) is 56.1 Å². The number of carbonyl (C=O) groups excluding carboxylic acids is 1. The maximum absolute atomic E-state index is 15.1. The number of hydrogen-bond acceptors (Lipinski definition) is 3. The van der Waals surface area contributed by atoms with E-state index in [0.29, 0.717) is 23.0 Å². The molecule has 2 aromatic carbocycles. The second kappa shape index (κ2) is 6.80. The summed E-state index contributed by atoms with van der Waals surface area (Å²) in [4.78, 5) is 14.8. The Labute approximate surface area is 164 Å². The Kier molecular flexibility index (Phi) is 4.26. The summed E-state index contributed by atoms with van der Waals surface area (Å²) < 4.78 is 26.6. The van der Waals surface area contributed by atoms with E-state index in [-0.39, 0.29) is 23.7 Å². The van der Waals surface area contributed by atoms with Crippen molar-refractivity contribution in [3.05, 3.63) is 53.3 Å². The van der Waals surface area contributed by atoms with Crippen LogP contribution in [-0.4, -0.2) is 19.1 Å². The molecule has 4 nitrogen and oxygen atoms in total. The van der Waals surface area contributed by atoms with Crippen LogP contribution in [-0.2, 0) is 0 Å². The minimum atomic E-state index is -0.456. The molecular weight excluding hydrogens is 357 g/mol. The third-order valence-electron chi connectivity index (χ3n) is 6.16. The van der Waals surface area contributed by atoms with Gasteiger partial charge < -0.3 is 9.47 Å². The van der Waals surface area contributed by atoms with E-state index in [9.17, 15) is 4.79 Å². The molecule has 0 N–H and O–H groups in total. The monoisotopic (exact) mass is 381 g/mol. The average molecular weight is 381 g/mol. The second-order valence-corrected chi connectivity index (χ2v) is 8.02. The van der Waals surface area contributed by atoms with Crippen LogP contribution in [0.1, 0.15) is 60.5 Å². The quantitative estimate of drug-likeness (QED) is 0.708. The summed E-state index contributed by atoms with van der Waals surface area (Å²) in [5, 5.41) is 0. The van der Waals surface area contributed by atoms with Crippen molar-refractivity contribution < 1.29 is 18.7 Å². The third-order valence-corrected chi connectivity index (χ3v) is 6.16. The summed E-state index contributed by atoms with van der Waals surface area (Å²) in [5.41, 5.74) is 1.96. The largest absolute Gasteiger partial charge is 0.493 e. The van der Waals surface area contributed by atoms with Crippen molar-refractivity contribution in [3.8, 4) is 11.5 Å². The lowest BCUT2D eigenvalue weighted by Crippen LogP contribution is -2.30. The van der Waals surface area contributed by atoms with Gasteiger partial charge in [-0.3, -0.25) is 9.69 Å². The van der Waals surface area contributed by atoms with Crippen molar-refractivity contribution in [3.63, 3.8) is 0 Å². The number of halogens is 1. The van der Waals surface area contributed by atoms with Gasteiger partial charge in [0.1, 0.15) is 0 Å². The van der Waals surface area contributed by atoms with Crippen molar-refractivity contribution in [1.82, 2.24) is 0 Å². The highest BCUT2D eigenvalue weighted by atomic mass is 19.1. The zero-order chi connectivity index (χ0) is 19.3. The van der Waals surface area contributed by atoms with Crippen LogP contribution >= 0.6 is 0 Å². The molecule has 3 aliphatic rings. The fourth-order valence-corrected chi connectivity index (χ4v) is 4.63. The minimum absolute atomic E-state index is 0.106. The molecule has 2 fully saturated rings. The van der Waals surface area contributed by atoms with Gasteiger partial charge in [0, 0.05) is 17.7 Å². The number of fused-ring (bicyclic) bond motifs is 1. The molecule has 0 spiro atoms. The van der Waals surface area contributed by atoms with Gasteiger partial charge in [0.2, 0.25) is 0 Å². The van der Waals surface area contributed by atoms with Gasteiger partial charge in [-0.2, -0.15) is 0 Å². The first-order valence-electron chi connectivity index (χ1n) is 10.1. The van der Waals surface area contributed by atoms with Gasteiger partial charge in [0.15, 0.2) is 17.3 Å². The molecular formula is C23H24FNO3. The molecule has 0 bridgehead atoms. The van der Waals surface area contributed by atoms with Gasteiger partial charge in [-0.25, -0.2) is 4.39 Å². The lowest BCUT2D eigenvalue weighted by atomic mass is 10.0. The predicted octanol–water partition coefficient (Wildman–Crippen LogP) is 5.27. The molecule has 2 aromatic rings. The first kappa shape index (κ1) is 17.5. The molecule has 1 aliphatic heterocycles. The summed E-state index contributed by atoms with van der Waals surface area (Å²) >= 11 is 0. The predicted molar refractivity (Wildman–Crippen MR) is 105 cm³/mol. The fourth-order valence-electron chi connectivity index (χ4n) is 4.63. The van der Waals surface area contributed by atoms with E-state index < -0.39 is 5.82 Å². The van der Waals surface area contributed by atoms with Gasteiger partial charge >= 0.3 is 0 Å². The van der Waals surface area contributed by atoms with E-state index >= 15 is 4.39 Å². The molecule has 2 aliphatic carbocycles. The number of methoxy groups -OCH3 is 1. The summed E-state index contributed by atoms with van der Waals surface area (Å²) in [6.07, 6.45) is 6.52. The normalized spacial score (nSPS) is 21.9. The van der Waals surface area contributed by atoms with E-state index in [4.69, 9.17) is 9.47 Å². The third kappa shape index (κ3) is 2.84. The topological polar surface area (TPSA) is 38.8 Å². The number of benzene rings is 2. The lowest BCUT2D eigenvalue weighted by molar-refractivity contribution is 0.0988. The zero-order valence-corrected chi connectivity index (χ0v) is 16.0. The van der Waals surface area contributed by atoms with E-state index in [1.807, 2.05) is 24.3 Å². The van der Waals surface area contributed by atoms with Crippen molar-refractivity contribution in [2.75, 3.05) is 12.0 Å². The second-order valence-electron chi connectivity index (χ2n) is 8.02. The Hall–Kier alpha value is -2.56. The van der Waals surface area contributed by atoms with Crippen LogP contribution in [0.25, 0.3) is 0 Å². The summed E-state index contributed by atoms with van der Waals surface area (Å²) in [6, 6.07) is 10.5. The van der Waals surface area contributed by atoms with Crippen LogP contribution < -0.4 is 14.4 Å². The van der Waals surface area contributed by atoms with Crippen molar-refractivity contribution in [2.45, 2.75) is 50.7 Å². The highest BCUT2D eigenvalue weighted by Gasteiger charge is 2.46. The highest BCUT2D eigenvalue weighted by molar-refractivity contribution is 6.11. The Bertz CT molecular complexity index is 918. The first-order chi connectivity index (χ1) is 13.7. The number of anilines is 1. The molecule has 5 rings (SSSR count). The minimum Gasteiger partial charge on any atom is -0.493 e. The highest BCUT2D eigenvalue weighted by Crippen LogP contribution is 2.52. The SMILES string of the molecule is COc1cc(F)c(N2C(=O)c3ccccc3C2C2CC2)cc1OC1CCCC1. The Morgan fingerprint density at radius 1 is 1.04 bits per heavy atom. The molecule has 28 heavy (non-hydrogen) atoms. The number of carbonyl (C=O) groups is 1. The van der Waals surface area contributed by atoms with E-state index in [1.54, 1.807) is 11.0 Å². The molecule has 1 unspecified atom stereocenters. The number of rotatable bonds is 5. The van der Waals surface area contributed by atoms with E-state index in [2.05, 4.69) is 0 Å². The summed E-state index contributed by atoms with van der Waals surface area (Å²) in [6.45, 7) is 0. The summed E-state index contributed by atoms with van der Waals surface area (Å²) in [7, 11) is 1.51. The van der Waals surface area contributed by atoms with Crippen LogP contribution in [0.4, 0.5) is 10.1 Å². The average Bonchev–Trinajstić information content (AvgIpc) is 3.33. The van der Waals surface area contributed by atoms with Crippen molar-refractivity contribution in [2.24, 2.45) is 5.92 Å². The number of amides is 1. The molecule has 2 saturated carbocycles. The molecule has 1 amide bonds. The van der Waals surface area contributed by atoms with Crippen LogP contribution in [0, 0.1) is 11.7 Å². The number of ether oxygens (including phenoxy) is 2. The number of nitrogens with zero attached hydrogens (tertiary/aromatic N) is 1. The van der Waals surface area contributed by atoms with Gasteiger partial charge in [0.05, 0.1) is 24.9 Å². The van der Waals surface area contributed by atoms with Crippen LogP contribution in [0.15, 0.2) is 36.4 Å². The van der Waals surface area contributed by atoms with Gasteiger partial charge in [-0.15, -0.1) is 0 Å². The maximum Gasteiger partial charge on any atom is 0.259 e. The van der Waals surface area contributed by atoms with Crippen LogP contribution in [0.3, 0.4) is 0 Å². The van der Waals surface area contributed by atoms with E-state index in [1.165, 1.54) is 13.2 Å². The summed E-state index contributed by atoms with van der Waals surface area (Å²) in [5.74, 6) is 0.684. The van der Waals surface area contributed by atoms with Crippen LogP contribution in [0.2, 0.25) is 0 Å². The van der Waals surface area contributed by atoms with Gasteiger partial charge in [0.25, 0.3) is 5.91 Å². The molecule has 5 heteroatoms. The molecule has 1 atom stereocenters. The van der Waals surface area contributed by atoms with E-state index in [0.717, 1.165) is 44.1 Å². The Morgan fingerprint density at radius 3 is 2.50 bits per heavy atom. The first-order valence-corrected chi connectivity index (χ1v) is 10.1. The Morgan fingerprint density at radius 2 is 1.79 bits per heavy atom. The fraction of sp³-hybridized carbons (Fsp3) is 0.435. The van der Waals surface area contributed by atoms with Gasteiger partial charge in [-0.1, -0.05) is 18.2 Å². The maximum atomic E-state index is 15.1. The van der Waals surface area contributed by atoms with Crippen molar-refractivity contribution in [1.29, 1.82) is 0 Å². The zero-order valence-electron chi connectivity index (χ0n) is 16.0. The molecule has 0 saturated heterocycles. The Balaban J connectivity index is 1.57. The molecule has 1 heterocycles. The lowest BCUT2D eigenvalue weighted by Gasteiger charge is -2.27. The molecule has 0 radical (unpaired) electrons. The molecule has 146 valence electrons. The van der Waals surface area contributed by atoms with Crippen molar-refractivity contribution >= 4 is 11.6 Å². The molecule has 0 aromatic heterocycles. The number of hydrogen-bond donors (Lipinski definition) is 0. The standard InChI is InChI=1S/C23H24FNO3/c1-27-20-12-18(24)19(13-21(20)28-15-6-2-3-7-15)25-22(14-10-11-14)16-8-4-5-9-17(16)23(25)26/h4-5,8-9,12-15,22H,2-3,6-7,10-11H2,1H3. The smallest absolute Gasteiger partial charge is 0.259 e. The van der Waals surface area contributed by atoms with Crippen LogP contribution in [0.5, 0.6) is 11.5 Å².